The zero-order valence-corrected chi connectivity index (χ0v) is 14.8. The summed E-state index contributed by atoms with van der Waals surface area (Å²) in [6, 6.07) is 7.60. The zero-order valence-electron chi connectivity index (χ0n) is 14.0. The number of benzene rings is 1. The first kappa shape index (κ1) is 16.9. The van der Waals surface area contributed by atoms with Crippen molar-refractivity contribution in [1.82, 2.24) is 0 Å². The molecule has 1 heterocycles. The maximum Gasteiger partial charge on any atom is 0.250 e. The lowest BCUT2D eigenvalue weighted by molar-refractivity contribution is -0.119. The van der Waals surface area contributed by atoms with E-state index in [1.54, 1.807) is 0 Å². The van der Waals surface area contributed by atoms with Gasteiger partial charge >= 0.3 is 0 Å². The third kappa shape index (κ3) is 3.42. The lowest BCUT2D eigenvalue weighted by atomic mass is 9.91. The van der Waals surface area contributed by atoms with Crippen LogP contribution in [0.2, 0.25) is 0 Å². The van der Waals surface area contributed by atoms with Gasteiger partial charge < -0.3 is 10.1 Å². The van der Waals surface area contributed by atoms with Crippen molar-refractivity contribution in [2.45, 2.75) is 32.6 Å². The van der Waals surface area contributed by atoms with Gasteiger partial charge in [-0.3, -0.25) is 9.59 Å². The number of ketones is 1. The van der Waals surface area contributed by atoms with Gasteiger partial charge in [0.25, 0.3) is 5.91 Å². The molecular weight excluding hydrogens is 322 g/mol. The van der Waals surface area contributed by atoms with Crippen LogP contribution in [0.4, 0.5) is 5.00 Å². The van der Waals surface area contributed by atoms with Crippen LogP contribution in [0, 0.1) is 6.92 Å². The minimum atomic E-state index is -0.227. The van der Waals surface area contributed by atoms with Crippen molar-refractivity contribution in [2.24, 2.45) is 0 Å². The standard InChI is InChI=1S/C19H21NO3S/c1-12-6-5-7-13(10-12)18(22)17-14-8-3-4-9-15(14)24-19(17)20-16(21)11-23-2/h5-7,10H,3-4,8-9,11H2,1-2H3,(H,20,21). The Kier molecular flexibility index (Phi) is 5.11. The lowest BCUT2D eigenvalue weighted by Gasteiger charge is -2.13. The Balaban J connectivity index is 2.02. The minimum Gasteiger partial charge on any atom is -0.375 e. The van der Waals surface area contributed by atoms with E-state index < -0.39 is 0 Å². The number of aryl methyl sites for hydroxylation is 2. The Labute approximate surface area is 145 Å². The first-order valence-corrected chi connectivity index (χ1v) is 8.96. The number of ether oxygens (including phenoxy) is 1. The number of thiophene rings is 1. The van der Waals surface area contributed by atoms with Crippen LogP contribution in [0.3, 0.4) is 0 Å². The number of amides is 1. The predicted octanol–water partition coefficient (Wildman–Crippen LogP) is 3.75. The molecule has 2 aromatic rings. The van der Waals surface area contributed by atoms with Crippen molar-refractivity contribution < 1.29 is 14.3 Å². The normalized spacial score (nSPS) is 13.4. The Hall–Kier alpha value is -1.98. The summed E-state index contributed by atoms with van der Waals surface area (Å²) in [5.74, 6) is -0.236. The summed E-state index contributed by atoms with van der Waals surface area (Å²) in [5.41, 5.74) is 3.51. The van der Waals surface area contributed by atoms with E-state index in [-0.39, 0.29) is 18.3 Å². The Morgan fingerprint density at radius 2 is 2.04 bits per heavy atom. The molecule has 126 valence electrons. The molecule has 3 rings (SSSR count). The molecule has 1 aromatic carbocycles. The molecule has 4 nitrogen and oxygen atoms in total. The van der Waals surface area contributed by atoms with Crippen LogP contribution in [0.5, 0.6) is 0 Å². The van der Waals surface area contributed by atoms with Crippen molar-refractivity contribution in [2.75, 3.05) is 19.0 Å². The molecule has 1 aliphatic rings. The van der Waals surface area contributed by atoms with Crippen molar-refractivity contribution >= 4 is 28.0 Å². The molecule has 0 unspecified atom stereocenters. The highest BCUT2D eigenvalue weighted by Crippen LogP contribution is 2.39. The second kappa shape index (κ2) is 7.28. The number of hydrogen-bond donors (Lipinski definition) is 1. The molecule has 24 heavy (non-hydrogen) atoms. The lowest BCUT2D eigenvalue weighted by Crippen LogP contribution is -2.18. The van der Waals surface area contributed by atoms with Crippen LogP contribution < -0.4 is 5.32 Å². The second-order valence-electron chi connectivity index (χ2n) is 6.09. The van der Waals surface area contributed by atoms with E-state index in [0.717, 1.165) is 36.8 Å². The predicted molar refractivity (Wildman–Crippen MR) is 96.1 cm³/mol. The quantitative estimate of drug-likeness (QED) is 0.841. The second-order valence-corrected chi connectivity index (χ2v) is 7.20. The van der Waals surface area contributed by atoms with Crippen molar-refractivity contribution in [3.05, 3.63) is 51.4 Å². The molecular formula is C19H21NO3S. The van der Waals surface area contributed by atoms with E-state index in [9.17, 15) is 9.59 Å². The molecule has 1 amide bonds. The summed E-state index contributed by atoms with van der Waals surface area (Å²) < 4.78 is 4.89. The van der Waals surface area contributed by atoms with Crippen LogP contribution in [-0.4, -0.2) is 25.4 Å². The third-order valence-corrected chi connectivity index (χ3v) is 5.41. The molecule has 0 fully saturated rings. The van der Waals surface area contributed by atoms with E-state index in [0.29, 0.717) is 16.1 Å². The van der Waals surface area contributed by atoms with Gasteiger partial charge in [-0.1, -0.05) is 23.8 Å². The van der Waals surface area contributed by atoms with E-state index in [1.807, 2.05) is 31.2 Å². The zero-order chi connectivity index (χ0) is 17.1. The average Bonchev–Trinajstić information content (AvgIpc) is 2.92. The summed E-state index contributed by atoms with van der Waals surface area (Å²) in [7, 11) is 1.48. The van der Waals surface area contributed by atoms with Crippen LogP contribution in [0.1, 0.15) is 44.8 Å². The number of carbonyl (C=O) groups is 2. The van der Waals surface area contributed by atoms with Gasteiger partial charge in [0.2, 0.25) is 0 Å². The molecule has 0 aliphatic heterocycles. The fraction of sp³-hybridized carbons (Fsp3) is 0.368. The van der Waals surface area contributed by atoms with Gasteiger partial charge in [-0.2, -0.15) is 0 Å². The molecule has 1 N–H and O–H groups in total. The highest BCUT2D eigenvalue weighted by molar-refractivity contribution is 7.17. The highest BCUT2D eigenvalue weighted by Gasteiger charge is 2.27. The minimum absolute atomic E-state index is 0.00850. The molecule has 1 aliphatic carbocycles. The van der Waals surface area contributed by atoms with Crippen LogP contribution in [-0.2, 0) is 22.4 Å². The van der Waals surface area contributed by atoms with Crippen molar-refractivity contribution in [3.8, 4) is 0 Å². The first-order chi connectivity index (χ1) is 11.6. The monoisotopic (exact) mass is 343 g/mol. The van der Waals surface area contributed by atoms with Gasteiger partial charge in [0.05, 0.1) is 5.56 Å². The summed E-state index contributed by atoms with van der Waals surface area (Å²) >= 11 is 1.54. The summed E-state index contributed by atoms with van der Waals surface area (Å²) in [4.78, 5) is 26.3. The van der Waals surface area contributed by atoms with Crippen LogP contribution in [0.15, 0.2) is 24.3 Å². The van der Waals surface area contributed by atoms with Gasteiger partial charge in [-0.05, 0) is 44.2 Å². The molecule has 0 bridgehead atoms. The maximum atomic E-state index is 13.1. The molecule has 0 atom stereocenters. The molecule has 0 spiro atoms. The molecule has 0 saturated heterocycles. The van der Waals surface area contributed by atoms with Crippen molar-refractivity contribution in [3.63, 3.8) is 0 Å². The van der Waals surface area contributed by atoms with Crippen LogP contribution in [0.25, 0.3) is 0 Å². The summed E-state index contributed by atoms with van der Waals surface area (Å²) in [5, 5.41) is 3.53. The molecule has 5 heteroatoms. The number of rotatable bonds is 5. The van der Waals surface area contributed by atoms with E-state index in [1.165, 1.54) is 23.3 Å². The third-order valence-electron chi connectivity index (χ3n) is 4.21. The average molecular weight is 343 g/mol. The fourth-order valence-electron chi connectivity index (χ4n) is 3.12. The number of hydrogen-bond acceptors (Lipinski definition) is 4. The van der Waals surface area contributed by atoms with Gasteiger partial charge in [0.15, 0.2) is 5.78 Å². The number of nitrogens with one attached hydrogen (secondary N) is 1. The van der Waals surface area contributed by atoms with Gasteiger partial charge in [-0.25, -0.2) is 0 Å². The first-order valence-electron chi connectivity index (χ1n) is 8.15. The van der Waals surface area contributed by atoms with E-state index in [4.69, 9.17) is 4.74 Å². The van der Waals surface area contributed by atoms with E-state index >= 15 is 0 Å². The van der Waals surface area contributed by atoms with Crippen LogP contribution >= 0.6 is 11.3 Å². The molecule has 1 aromatic heterocycles. The molecule has 0 saturated carbocycles. The largest absolute Gasteiger partial charge is 0.375 e. The Morgan fingerprint density at radius 1 is 1.25 bits per heavy atom. The topological polar surface area (TPSA) is 55.4 Å². The van der Waals surface area contributed by atoms with Gasteiger partial charge in [0.1, 0.15) is 11.6 Å². The van der Waals surface area contributed by atoms with Gasteiger partial charge in [0, 0.05) is 17.6 Å². The van der Waals surface area contributed by atoms with Gasteiger partial charge in [-0.15, -0.1) is 11.3 Å². The smallest absolute Gasteiger partial charge is 0.250 e. The number of methoxy groups -OCH3 is 1. The summed E-state index contributed by atoms with van der Waals surface area (Å²) in [6.07, 6.45) is 4.10. The van der Waals surface area contributed by atoms with Crippen molar-refractivity contribution in [1.29, 1.82) is 0 Å². The number of fused-ring (bicyclic) bond motifs is 1. The van der Waals surface area contributed by atoms with E-state index in [2.05, 4.69) is 5.32 Å². The fourth-order valence-corrected chi connectivity index (χ4v) is 4.42. The summed E-state index contributed by atoms with van der Waals surface area (Å²) in [6.45, 7) is 1.96. The Morgan fingerprint density at radius 3 is 2.79 bits per heavy atom. The maximum absolute atomic E-state index is 13.1. The number of carbonyl (C=O) groups excluding carboxylic acids is 2. The molecule has 0 radical (unpaired) electrons. The Bertz CT molecular complexity index is 779. The highest BCUT2D eigenvalue weighted by atomic mass is 32.1. The number of anilines is 1. The SMILES string of the molecule is COCC(=O)Nc1sc2c(c1C(=O)c1cccc(C)c1)CCCC2.